The lowest BCUT2D eigenvalue weighted by Gasteiger charge is -2.39. The second-order valence-corrected chi connectivity index (χ2v) is 9.54. The maximum atomic E-state index is 13.2. The van der Waals surface area contributed by atoms with Crippen molar-refractivity contribution < 1.29 is 33.6 Å². The predicted octanol–water partition coefficient (Wildman–Crippen LogP) is 1.61. The Morgan fingerprint density at radius 2 is 1.66 bits per heavy atom. The molecule has 0 unspecified atom stereocenters. The topological polar surface area (TPSA) is 93.2 Å². The maximum Gasteiger partial charge on any atom is 0.254 e. The molecule has 0 spiro atoms. The molecule has 2 aromatic carbocycles. The van der Waals surface area contributed by atoms with Gasteiger partial charge >= 0.3 is 0 Å². The largest absolute Gasteiger partial charge is 0.493 e. The summed E-state index contributed by atoms with van der Waals surface area (Å²) in [6.45, 7) is 6.56. The van der Waals surface area contributed by atoms with Crippen molar-refractivity contribution >= 4 is 5.91 Å². The van der Waals surface area contributed by atoms with Gasteiger partial charge in [0, 0.05) is 57.9 Å². The Morgan fingerprint density at radius 3 is 2.29 bits per heavy atom. The van der Waals surface area contributed by atoms with Crippen LogP contribution in [-0.4, -0.2) is 125 Å². The SMILES string of the molecule is COc1cc(C(=O)N2CCN(C[C@H]3CN(C[C@H](O)COc4ccccc4)CCO3)CC2)cc(OC)c1OC. The fourth-order valence-corrected chi connectivity index (χ4v) is 4.93. The van der Waals surface area contributed by atoms with Crippen molar-refractivity contribution in [3.05, 3.63) is 48.0 Å². The van der Waals surface area contributed by atoms with Gasteiger partial charge in [-0.1, -0.05) is 18.2 Å². The standard InChI is InChI=1S/C28H39N3O7/c1-34-25-15-21(16-26(35-2)27(25)36-3)28(33)31-11-9-29(10-12-31)18-24-19-30(13-14-37-24)17-22(32)20-38-23-7-5-4-6-8-23/h4-8,15-16,22,24,32H,9-14,17-20H2,1-3H3/t22-,24-/m0/s1. The first-order valence-corrected chi connectivity index (χ1v) is 13.0. The number of aliphatic hydroxyl groups is 1. The highest BCUT2D eigenvalue weighted by Crippen LogP contribution is 2.38. The normalized spacial score (nSPS) is 19.6. The van der Waals surface area contributed by atoms with Crippen molar-refractivity contribution in [1.29, 1.82) is 0 Å². The second-order valence-electron chi connectivity index (χ2n) is 9.54. The van der Waals surface area contributed by atoms with Crippen molar-refractivity contribution in [3.8, 4) is 23.0 Å². The number of methoxy groups -OCH3 is 3. The number of morpholine rings is 1. The summed E-state index contributed by atoms with van der Waals surface area (Å²) in [5.74, 6) is 2.09. The average Bonchev–Trinajstić information content (AvgIpc) is 2.96. The van der Waals surface area contributed by atoms with Gasteiger partial charge in [-0.25, -0.2) is 0 Å². The van der Waals surface area contributed by atoms with Crippen LogP contribution in [0, 0.1) is 0 Å². The number of aliphatic hydroxyl groups excluding tert-OH is 1. The lowest BCUT2D eigenvalue weighted by Crippen LogP contribution is -2.54. The third-order valence-corrected chi connectivity index (χ3v) is 6.91. The van der Waals surface area contributed by atoms with Gasteiger partial charge in [-0.15, -0.1) is 0 Å². The van der Waals surface area contributed by atoms with E-state index in [1.165, 1.54) is 14.2 Å². The number of amides is 1. The van der Waals surface area contributed by atoms with E-state index in [2.05, 4.69) is 9.80 Å². The number of para-hydroxylation sites is 1. The minimum atomic E-state index is -0.571. The van der Waals surface area contributed by atoms with E-state index in [-0.39, 0.29) is 18.6 Å². The van der Waals surface area contributed by atoms with Crippen molar-refractivity contribution in [2.24, 2.45) is 0 Å². The number of benzene rings is 2. The van der Waals surface area contributed by atoms with Gasteiger partial charge in [-0.3, -0.25) is 14.6 Å². The van der Waals surface area contributed by atoms with Crippen LogP contribution in [0.15, 0.2) is 42.5 Å². The lowest BCUT2D eigenvalue weighted by molar-refractivity contribution is -0.0591. The van der Waals surface area contributed by atoms with Crippen LogP contribution < -0.4 is 18.9 Å². The van der Waals surface area contributed by atoms with E-state index in [0.29, 0.717) is 49.1 Å². The third kappa shape index (κ3) is 7.28. The molecule has 4 rings (SSSR count). The maximum absolute atomic E-state index is 13.2. The summed E-state index contributed by atoms with van der Waals surface area (Å²) >= 11 is 0. The van der Waals surface area contributed by atoms with Gasteiger partial charge in [0.05, 0.1) is 34.0 Å². The fraction of sp³-hybridized carbons (Fsp3) is 0.536. The molecule has 208 valence electrons. The molecule has 0 saturated carbocycles. The summed E-state index contributed by atoms with van der Waals surface area (Å²) in [6.07, 6.45) is -0.512. The van der Waals surface area contributed by atoms with Crippen LogP contribution in [0.3, 0.4) is 0 Å². The Labute approximate surface area is 224 Å². The monoisotopic (exact) mass is 529 g/mol. The summed E-state index contributed by atoms with van der Waals surface area (Å²) in [4.78, 5) is 19.6. The highest BCUT2D eigenvalue weighted by Gasteiger charge is 2.28. The summed E-state index contributed by atoms with van der Waals surface area (Å²) in [5.41, 5.74) is 0.508. The minimum absolute atomic E-state index is 0.0587. The van der Waals surface area contributed by atoms with Gasteiger partial charge in [0.2, 0.25) is 5.75 Å². The van der Waals surface area contributed by atoms with Crippen LogP contribution in [0.25, 0.3) is 0 Å². The molecule has 38 heavy (non-hydrogen) atoms. The zero-order chi connectivity index (χ0) is 26.9. The van der Waals surface area contributed by atoms with E-state index in [1.807, 2.05) is 35.2 Å². The molecule has 0 aliphatic carbocycles. The molecule has 2 heterocycles. The van der Waals surface area contributed by atoms with Crippen LogP contribution in [0.5, 0.6) is 23.0 Å². The Morgan fingerprint density at radius 1 is 0.974 bits per heavy atom. The Bertz CT molecular complexity index is 1010. The van der Waals surface area contributed by atoms with E-state index in [1.54, 1.807) is 19.2 Å². The Hall–Kier alpha value is -3.05. The third-order valence-electron chi connectivity index (χ3n) is 6.91. The predicted molar refractivity (Wildman–Crippen MR) is 143 cm³/mol. The van der Waals surface area contributed by atoms with Crippen LogP contribution in [0.1, 0.15) is 10.4 Å². The van der Waals surface area contributed by atoms with Gasteiger partial charge < -0.3 is 33.7 Å². The number of piperazine rings is 1. The average molecular weight is 530 g/mol. The zero-order valence-corrected chi connectivity index (χ0v) is 22.5. The van der Waals surface area contributed by atoms with Gasteiger partial charge in [-0.2, -0.15) is 0 Å². The van der Waals surface area contributed by atoms with Gasteiger partial charge in [-0.05, 0) is 24.3 Å². The minimum Gasteiger partial charge on any atom is -0.493 e. The first kappa shape index (κ1) is 28.0. The fourth-order valence-electron chi connectivity index (χ4n) is 4.93. The molecule has 0 radical (unpaired) electrons. The number of hydrogen-bond acceptors (Lipinski definition) is 9. The first-order chi connectivity index (χ1) is 18.5. The highest BCUT2D eigenvalue weighted by atomic mass is 16.5. The highest BCUT2D eigenvalue weighted by molar-refractivity contribution is 5.95. The van der Waals surface area contributed by atoms with E-state index in [4.69, 9.17) is 23.7 Å². The van der Waals surface area contributed by atoms with Gasteiger partial charge in [0.15, 0.2) is 11.5 Å². The van der Waals surface area contributed by atoms with Crippen molar-refractivity contribution in [2.45, 2.75) is 12.2 Å². The first-order valence-electron chi connectivity index (χ1n) is 13.0. The lowest BCUT2D eigenvalue weighted by atomic mass is 10.1. The number of β-amino-alcohol motifs (C(OH)–C–C–N with tert-alkyl or cyclic N) is 1. The molecule has 2 atom stereocenters. The van der Waals surface area contributed by atoms with Gasteiger partial charge in [0.25, 0.3) is 5.91 Å². The van der Waals surface area contributed by atoms with Crippen LogP contribution >= 0.6 is 0 Å². The molecule has 2 aliphatic heterocycles. The summed E-state index contributed by atoms with van der Waals surface area (Å²) in [6, 6.07) is 12.9. The molecule has 0 bridgehead atoms. The van der Waals surface area contributed by atoms with Gasteiger partial charge in [0.1, 0.15) is 18.5 Å². The number of nitrogens with zero attached hydrogens (tertiary/aromatic N) is 3. The summed E-state index contributed by atoms with van der Waals surface area (Å²) < 4.78 is 27.9. The van der Waals surface area contributed by atoms with Crippen molar-refractivity contribution in [1.82, 2.24) is 14.7 Å². The summed E-state index contributed by atoms with van der Waals surface area (Å²) in [7, 11) is 4.62. The molecule has 1 N–H and O–H groups in total. The van der Waals surface area contributed by atoms with E-state index < -0.39 is 6.10 Å². The Kier molecular flexibility index (Phi) is 10.1. The number of rotatable bonds is 11. The zero-order valence-electron chi connectivity index (χ0n) is 22.5. The number of carbonyl (C=O) groups is 1. The molecule has 1 amide bonds. The van der Waals surface area contributed by atoms with Crippen molar-refractivity contribution in [3.63, 3.8) is 0 Å². The van der Waals surface area contributed by atoms with Crippen LogP contribution in [-0.2, 0) is 4.74 Å². The second kappa shape index (κ2) is 13.7. The molecule has 2 aromatic rings. The number of hydrogen-bond donors (Lipinski definition) is 1. The quantitative estimate of drug-likeness (QED) is 0.466. The summed E-state index contributed by atoms with van der Waals surface area (Å²) in [5, 5.41) is 10.5. The number of ether oxygens (including phenoxy) is 5. The molecule has 2 aliphatic rings. The van der Waals surface area contributed by atoms with E-state index in [0.717, 1.165) is 38.5 Å². The number of carbonyl (C=O) groups excluding carboxylic acids is 1. The molecule has 10 heteroatoms. The smallest absolute Gasteiger partial charge is 0.254 e. The molecular formula is C28H39N3O7. The molecular weight excluding hydrogens is 490 g/mol. The molecule has 0 aromatic heterocycles. The van der Waals surface area contributed by atoms with E-state index in [9.17, 15) is 9.90 Å². The van der Waals surface area contributed by atoms with E-state index >= 15 is 0 Å². The molecule has 2 saturated heterocycles. The van der Waals surface area contributed by atoms with Crippen LogP contribution in [0.4, 0.5) is 0 Å². The van der Waals surface area contributed by atoms with Crippen LogP contribution in [0.2, 0.25) is 0 Å². The Balaban J connectivity index is 1.23. The molecule has 10 nitrogen and oxygen atoms in total. The molecule has 2 fully saturated rings. The van der Waals surface area contributed by atoms with Crippen molar-refractivity contribution in [2.75, 3.05) is 86.9 Å².